The molecule has 2 bridgehead atoms. The summed E-state index contributed by atoms with van der Waals surface area (Å²) in [6, 6.07) is 0. The number of aliphatic hydroxyl groups is 1. The maximum atomic E-state index is 11.8. The minimum atomic E-state index is -0.581. The number of carbonyl (C=O) groups excluding carboxylic acids is 1. The van der Waals surface area contributed by atoms with Crippen molar-refractivity contribution in [3.8, 4) is 0 Å². The standard InChI is InChI=1S/C14H20O3/c1-2-17-12(15)10-6-11-8-14(16)5-3-4-13(11,7-10)9-14/h3,5,10-11,16H,2,4,6-9H2,1H3/t10-,11+,13-,14-/m0/s1. The fraction of sp³-hybridized carbons (Fsp3) is 0.786. The molecule has 17 heavy (non-hydrogen) atoms. The van der Waals surface area contributed by atoms with E-state index in [1.54, 1.807) is 0 Å². The highest BCUT2D eigenvalue weighted by molar-refractivity contribution is 5.73. The van der Waals surface area contributed by atoms with E-state index in [9.17, 15) is 9.90 Å². The van der Waals surface area contributed by atoms with Gasteiger partial charge in [-0.2, -0.15) is 0 Å². The fourth-order valence-electron chi connectivity index (χ4n) is 4.36. The van der Waals surface area contributed by atoms with Crippen molar-refractivity contribution < 1.29 is 14.6 Å². The Morgan fingerprint density at radius 2 is 2.35 bits per heavy atom. The summed E-state index contributed by atoms with van der Waals surface area (Å²) >= 11 is 0. The molecule has 0 aromatic carbocycles. The smallest absolute Gasteiger partial charge is 0.308 e. The van der Waals surface area contributed by atoms with E-state index >= 15 is 0 Å². The van der Waals surface area contributed by atoms with Crippen LogP contribution in [0.25, 0.3) is 0 Å². The van der Waals surface area contributed by atoms with Crippen molar-refractivity contribution in [2.24, 2.45) is 17.3 Å². The number of hydrogen-bond donors (Lipinski definition) is 1. The Bertz CT molecular complexity index is 376. The van der Waals surface area contributed by atoms with E-state index in [2.05, 4.69) is 6.08 Å². The van der Waals surface area contributed by atoms with Crippen LogP contribution >= 0.6 is 0 Å². The lowest BCUT2D eigenvalue weighted by Gasteiger charge is -2.32. The molecule has 0 radical (unpaired) electrons. The number of allylic oxidation sites excluding steroid dienone is 1. The Labute approximate surface area is 102 Å². The zero-order valence-corrected chi connectivity index (χ0v) is 10.3. The quantitative estimate of drug-likeness (QED) is 0.589. The molecule has 0 saturated heterocycles. The highest BCUT2D eigenvalue weighted by atomic mass is 16.5. The topological polar surface area (TPSA) is 46.5 Å². The SMILES string of the molecule is CCOC(=O)[C@H]1C[C@@H]2C[C@@]3(O)C=CC[C@]2(C1)C3. The summed E-state index contributed by atoms with van der Waals surface area (Å²) in [5.74, 6) is 0.530. The Morgan fingerprint density at radius 3 is 3.12 bits per heavy atom. The zero-order chi connectivity index (χ0) is 12.1. The molecule has 1 N–H and O–H groups in total. The number of ether oxygens (including phenoxy) is 1. The summed E-state index contributed by atoms with van der Waals surface area (Å²) in [4.78, 5) is 11.8. The second-order valence-corrected chi connectivity index (χ2v) is 6.04. The van der Waals surface area contributed by atoms with Crippen molar-refractivity contribution in [1.82, 2.24) is 0 Å². The lowest BCUT2D eigenvalue weighted by Crippen LogP contribution is -2.30. The van der Waals surface area contributed by atoms with E-state index in [1.165, 1.54) is 0 Å². The van der Waals surface area contributed by atoms with Crippen LogP contribution in [0.4, 0.5) is 0 Å². The molecule has 0 aromatic rings. The van der Waals surface area contributed by atoms with Crippen LogP contribution < -0.4 is 0 Å². The van der Waals surface area contributed by atoms with Gasteiger partial charge in [-0.25, -0.2) is 0 Å². The maximum Gasteiger partial charge on any atom is 0.308 e. The molecular formula is C14H20O3. The van der Waals surface area contributed by atoms with Gasteiger partial charge in [-0.1, -0.05) is 12.2 Å². The molecule has 4 atom stereocenters. The fourth-order valence-corrected chi connectivity index (χ4v) is 4.36. The Hall–Kier alpha value is -0.830. The van der Waals surface area contributed by atoms with Gasteiger partial charge in [-0.05, 0) is 50.4 Å². The number of esters is 1. The van der Waals surface area contributed by atoms with Crippen molar-refractivity contribution in [1.29, 1.82) is 0 Å². The predicted octanol–water partition coefficient (Wildman–Crippen LogP) is 2.05. The summed E-state index contributed by atoms with van der Waals surface area (Å²) in [5.41, 5.74) is -0.399. The first kappa shape index (κ1) is 11.3. The first-order chi connectivity index (χ1) is 8.07. The molecule has 0 aromatic heterocycles. The van der Waals surface area contributed by atoms with Crippen LogP contribution in [-0.2, 0) is 9.53 Å². The molecule has 3 aliphatic rings. The van der Waals surface area contributed by atoms with Crippen LogP contribution in [0.15, 0.2) is 12.2 Å². The molecule has 3 aliphatic carbocycles. The molecule has 3 nitrogen and oxygen atoms in total. The van der Waals surface area contributed by atoms with Crippen LogP contribution in [0.5, 0.6) is 0 Å². The normalized spacial score (nSPS) is 46.9. The number of carbonyl (C=O) groups is 1. The van der Waals surface area contributed by atoms with Crippen LogP contribution in [-0.4, -0.2) is 23.3 Å². The molecule has 94 valence electrons. The van der Waals surface area contributed by atoms with Crippen molar-refractivity contribution >= 4 is 5.97 Å². The number of fused-ring (bicyclic) bond motifs is 1. The lowest BCUT2D eigenvalue weighted by molar-refractivity contribution is -0.148. The third kappa shape index (κ3) is 1.63. The Balaban J connectivity index is 1.77. The average molecular weight is 236 g/mol. The summed E-state index contributed by atoms with van der Waals surface area (Å²) < 4.78 is 5.13. The van der Waals surface area contributed by atoms with E-state index in [0.29, 0.717) is 12.5 Å². The van der Waals surface area contributed by atoms with Crippen LogP contribution in [0, 0.1) is 17.3 Å². The zero-order valence-electron chi connectivity index (χ0n) is 10.3. The van der Waals surface area contributed by atoms with E-state index < -0.39 is 5.60 Å². The lowest BCUT2D eigenvalue weighted by atomic mass is 9.74. The van der Waals surface area contributed by atoms with Crippen molar-refractivity contribution in [3.63, 3.8) is 0 Å². The predicted molar refractivity (Wildman–Crippen MR) is 63.2 cm³/mol. The van der Waals surface area contributed by atoms with Gasteiger partial charge in [0.25, 0.3) is 0 Å². The number of rotatable bonds is 2. The third-order valence-corrected chi connectivity index (χ3v) is 4.92. The van der Waals surface area contributed by atoms with Gasteiger partial charge in [-0.3, -0.25) is 4.79 Å². The third-order valence-electron chi connectivity index (χ3n) is 4.92. The van der Waals surface area contributed by atoms with E-state index in [4.69, 9.17) is 4.74 Å². The van der Waals surface area contributed by atoms with Gasteiger partial charge >= 0.3 is 5.97 Å². The average Bonchev–Trinajstić information content (AvgIpc) is 2.65. The first-order valence-corrected chi connectivity index (χ1v) is 6.64. The minimum absolute atomic E-state index is 0.0330. The van der Waals surface area contributed by atoms with Crippen molar-refractivity contribution in [2.45, 2.75) is 44.6 Å². The Morgan fingerprint density at radius 1 is 1.53 bits per heavy atom. The second kappa shape index (κ2) is 3.58. The second-order valence-electron chi connectivity index (χ2n) is 6.04. The monoisotopic (exact) mass is 236 g/mol. The van der Waals surface area contributed by atoms with Gasteiger partial charge in [0.1, 0.15) is 0 Å². The Kier molecular flexibility index (Phi) is 2.37. The molecule has 0 aliphatic heterocycles. The first-order valence-electron chi connectivity index (χ1n) is 6.64. The van der Waals surface area contributed by atoms with Crippen LogP contribution in [0.1, 0.15) is 39.0 Å². The molecule has 2 saturated carbocycles. The highest BCUT2D eigenvalue weighted by Crippen LogP contribution is 2.63. The summed E-state index contributed by atoms with van der Waals surface area (Å²) in [6.07, 6.45) is 8.59. The minimum Gasteiger partial charge on any atom is -0.466 e. The van der Waals surface area contributed by atoms with E-state index in [-0.39, 0.29) is 17.3 Å². The van der Waals surface area contributed by atoms with Gasteiger partial charge in [0.2, 0.25) is 0 Å². The molecule has 0 amide bonds. The van der Waals surface area contributed by atoms with E-state index in [0.717, 1.165) is 32.1 Å². The molecule has 0 unspecified atom stereocenters. The summed E-state index contributed by atoms with van der Waals surface area (Å²) in [5, 5.41) is 10.3. The van der Waals surface area contributed by atoms with Gasteiger partial charge in [0.15, 0.2) is 0 Å². The molecule has 2 fully saturated rings. The molecule has 0 heterocycles. The molecule has 3 heteroatoms. The van der Waals surface area contributed by atoms with Crippen LogP contribution in [0.3, 0.4) is 0 Å². The molecular weight excluding hydrogens is 216 g/mol. The molecule has 1 spiro atoms. The summed E-state index contributed by atoms with van der Waals surface area (Å²) in [6.45, 7) is 2.32. The summed E-state index contributed by atoms with van der Waals surface area (Å²) in [7, 11) is 0. The number of hydrogen-bond acceptors (Lipinski definition) is 3. The van der Waals surface area contributed by atoms with Gasteiger partial charge in [-0.15, -0.1) is 0 Å². The van der Waals surface area contributed by atoms with Gasteiger partial charge in [0, 0.05) is 0 Å². The van der Waals surface area contributed by atoms with Crippen LogP contribution in [0.2, 0.25) is 0 Å². The van der Waals surface area contributed by atoms with Gasteiger partial charge < -0.3 is 9.84 Å². The van der Waals surface area contributed by atoms with Gasteiger partial charge in [0.05, 0.1) is 18.1 Å². The van der Waals surface area contributed by atoms with E-state index in [1.807, 2.05) is 13.0 Å². The highest BCUT2D eigenvalue weighted by Gasteiger charge is 2.59. The van der Waals surface area contributed by atoms with Crippen molar-refractivity contribution in [3.05, 3.63) is 12.2 Å². The largest absolute Gasteiger partial charge is 0.466 e. The van der Waals surface area contributed by atoms with Crippen molar-refractivity contribution in [2.75, 3.05) is 6.61 Å². The maximum absolute atomic E-state index is 11.8. The molecule has 3 rings (SSSR count).